The molecule has 3 nitrogen and oxygen atoms in total. The van der Waals surface area contributed by atoms with Gasteiger partial charge in [-0.1, -0.05) is 0 Å². The predicted molar refractivity (Wildman–Crippen MR) is 69.1 cm³/mol. The van der Waals surface area contributed by atoms with Crippen LogP contribution in [0.1, 0.15) is 43.9 Å². The molecule has 0 saturated carbocycles. The number of aromatic nitrogens is 1. The van der Waals surface area contributed by atoms with E-state index < -0.39 is 23.4 Å². The SMILES string of the molecule is CC(C)(C(O)c1cnccc1C(F)(F)F)N1CCCC1. The van der Waals surface area contributed by atoms with Crippen LogP contribution in [0.15, 0.2) is 18.5 Å². The maximum Gasteiger partial charge on any atom is 0.416 e. The average molecular weight is 288 g/mol. The molecule has 1 atom stereocenters. The van der Waals surface area contributed by atoms with E-state index >= 15 is 0 Å². The lowest BCUT2D eigenvalue weighted by Gasteiger charge is -2.40. The van der Waals surface area contributed by atoms with Crippen molar-refractivity contribution < 1.29 is 18.3 Å². The Morgan fingerprint density at radius 3 is 2.40 bits per heavy atom. The van der Waals surface area contributed by atoms with Gasteiger partial charge in [0.25, 0.3) is 0 Å². The number of alkyl halides is 3. The Bertz CT molecular complexity index is 468. The summed E-state index contributed by atoms with van der Waals surface area (Å²) in [6.07, 6.45) is -1.48. The molecule has 2 rings (SSSR count). The lowest BCUT2D eigenvalue weighted by Crippen LogP contribution is -2.47. The van der Waals surface area contributed by atoms with Crippen molar-refractivity contribution in [2.24, 2.45) is 0 Å². The molecule has 0 amide bonds. The molecule has 1 aromatic heterocycles. The Morgan fingerprint density at radius 2 is 1.85 bits per heavy atom. The van der Waals surface area contributed by atoms with Crippen LogP contribution in [0, 0.1) is 0 Å². The molecule has 20 heavy (non-hydrogen) atoms. The Labute approximate surface area is 116 Å². The quantitative estimate of drug-likeness (QED) is 0.929. The van der Waals surface area contributed by atoms with E-state index in [1.165, 1.54) is 0 Å². The molecule has 0 radical (unpaired) electrons. The number of aliphatic hydroxyl groups is 1. The molecule has 0 aromatic carbocycles. The van der Waals surface area contributed by atoms with Crippen molar-refractivity contribution in [1.82, 2.24) is 9.88 Å². The molecule has 1 aliphatic rings. The summed E-state index contributed by atoms with van der Waals surface area (Å²) in [4.78, 5) is 5.77. The third kappa shape index (κ3) is 2.81. The smallest absolute Gasteiger partial charge is 0.386 e. The molecule has 112 valence electrons. The van der Waals surface area contributed by atoms with Crippen molar-refractivity contribution >= 4 is 0 Å². The highest BCUT2D eigenvalue weighted by atomic mass is 19.4. The van der Waals surface area contributed by atoms with Gasteiger partial charge in [-0.2, -0.15) is 13.2 Å². The van der Waals surface area contributed by atoms with E-state index in [2.05, 4.69) is 4.98 Å². The Kier molecular flexibility index (Phi) is 4.07. The summed E-state index contributed by atoms with van der Waals surface area (Å²) in [6, 6.07) is 0.915. The molecule has 6 heteroatoms. The minimum Gasteiger partial charge on any atom is -0.386 e. The summed E-state index contributed by atoms with van der Waals surface area (Å²) in [7, 11) is 0. The first-order valence-corrected chi connectivity index (χ1v) is 6.69. The second-order valence-corrected chi connectivity index (χ2v) is 5.71. The van der Waals surface area contributed by atoms with Gasteiger partial charge in [-0.25, -0.2) is 0 Å². The van der Waals surface area contributed by atoms with Crippen molar-refractivity contribution in [1.29, 1.82) is 0 Å². The van der Waals surface area contributed by atoms with E-state index in [4.69, 9.17) is 0 Å². The first-order valence-electron chi connectivity index (χ1n) is 6.69. The van der Waals surface area contributed by atoms with Crippen molar-refractivity contribution in [3.8, 4) is 0 Å². The second-order valence-electron chi connectivity index (χ2n) is 5.71. The molecule has 1 saturated heterocycles. The Balaban J connectivity index is 2.35. The zero-order valence-corrected chi connectivity index (χ0v) is 11.6. The maximum absolute atomic E-state index is 13.0. The Hall–Kier alpha value is -1.14. The first kappa shape index (κ1) is 15.3. The fraction of sp³-hybridized carbons (Fsp3) is 0.643. The molecule has 2 heterocycles. The number of hydrogen-bond donors (Lipinski definition) is 1. The van der Waals surface area contributed by atoms with Crippen LogP contribution >= 0.6 is 0 Å². The van der Waals surface area contributed by atoms with Crippen LogP contribution in [0.4, 0.5) is 13.2 Å². The summed E-state index contributed by atoms with van der Waals surface area (Å²) in [5, 5.41) is 10.5. The highest BCUT2D eigenvalue weighted by molar-refractivity contribution is 5.30. The molecular formula is C14H19F3N2O. The number of hydrogen-bond acceptors (Lipinski definition) is 3. The number of halogens is 3. The first-order chi connectivity index (χ1) is 9.24. The molecule has 1 N–H and O–H groups in total. The number of pyridine rings is 1. The van der Waals surface area contributed by atoms with E-state index in [0.29, 0.717) is 0 Å². The van der Waals surface area contributed by atoms with Crippen molar-refractivity contribution in [2.45, 2.75) is 44.5 Å². The zero-order chi connectivity index (χ0) is 15.0. The van der Waals surface area contributed by atoms with Gasteiger partial charge in [0.1, 0.15) is 0 Å². The van der Waals surface area contributed by atoms with Crippen LogP contribution in [-0.2, 0) is 6.18 Å². The molecular weight excluding hydrogens is 269 g/mol. The summed E-state index contributed by atoms with van der Waals surface area (Å²) in [5.74, 6) is 0. The lowest BCUT2D eigenvalue weighted by molar-refractivity contribution is -0.140. The van der Waals surface area contributed by atoms with E-state index in [-0.39, 0.29) is 5.56 Å². The fourth-order valence-electron chi connectivity index (χ4n) is 2.73. The van der Waals surface area contributed by atoms with Gasteiger partial charge in [-0.15, -0.1) is 0 Å². The van der Waals surface area contributed by atoms with Gasteiger partial charge in [0.05, 0.1) is 11.7 Å². The third-order valence-electron chi connectivity index (χ3n) is 4.04. The summed E-state index contributed by atoms with van der Waals surface area (Å²) >= 11 is 0. The zero-order valence-electron chi connectivity index (χ0n) is 11.6. The van der Waals surface area contributed by atoms with Gasteiger partial charge in [-0.3, -0.25) is 9.88 Å². The predicted octanol–water partition coefficient (Wildman–Crippen LogP) is 3.01. The molecule has 0 bridgehead atoms. The van der Waals surface area contributed by atoms with Crippen LogP contribution in [0.2, 0.25) is 0 Å². The van der Waals surface area contributed by atoms with E-state index in [0.717, 1.165) is 44.4 Å². The minimum absolute atomic E-state index is 0.156. The monoisotopic (exact) mass is 288 g/mol. The molecule has 1 aromatic rings. The third-order valence-corrected chi connectivity index (χ3v) is 4.04. The topological polar surface area (TPSA) is 36.4 Å². The van der Waals surface area contributed by atoms with E-state index in [1.54, 1.807) is 13.8 Å². The Morgan fingerprint density at radius 1 is 1.25 bits per heavy atom. The highest BCUT2D eigenvalue weighted by Crippen LogP contribution is 2.39. The van der Waals surface area contributed by atoms with Crippen molar-refractivity contribution in [2.75, 3.05) is 13.1 Å². The maximum atomic E-state index is 13.0. The number of rotatable bonds is 3. The van der Waals surface area contributed by atoms with Gasteiger partial charge in [0, 0.05) is 23.5 Å². The summed E-state index contributed by atoms with van der Waals surface area (Å²) < 4.78 is 39.1. The van der Waals surface area contributed by atoms with Crippen molar-refractivity contribution in [3.05, 3.63) is 29.6 Å². The second kappa shape index (κ2) is 5.33. The van der Waals surface area contributed by atoms with Gasteiger partial charge < -0.3 is 5.11 Å². The average Bonchev–Trinajstić information content (AvgIpc) is 2.91. The van der Waals surface area contributed by atoms with Crippen LogP contribution < -0.4 is 0 Å². The summed E-state index contributed by atoms with van der Waals surface area (Å²) in [5.41, 5.74) is -1.72. The largest absolute Gasteiger partial charge is 0.416 e. The van der Waals surface area contributed by atoms with Crippen LogP contribution in [0.5, 0.6) is 0 Å². The van der Waals surface area contributed by atoms with Crippen molar-refractivity contribution in [3.63, 3.8) is 0 Å². The van der Waals surface area contributed by atoms with Crippen LogP contribution in [0.25, 0.3) is 0 Å². The van der Waals surface area contributed by atoms with E-state index in [1.807, 2.05) is 4.90 Å². The number of nitrogens with zero attached hydrogens (tertiary/aromatic N) is 2. The molecule has 1 fully saturated rings. The standard InChI is InChI=1S/C14H19F3N2O/c1-13(2,19-7-3-4-8-19)12(20)10-9-18-6-5-11(10)14(15,16)17/h5-6,9,12,20H,3-4,7-8H2,1-2H3. The minimum atomic E-state index is -4.49. The molecule has 0 spiro atoms. The van der Waals surface area contributed by atoms with Crippen LogP contribution in [-0.4, -0.2) is 33.6 Å². The molecule has 0 aliphatic carbocycles. The number of aliphatic hydroxyl groups excluding tert-OH is 1. The van der Waals surface area contributed by atoms with Crippen LogP contribution in [0.3, 0.4) is 0 Å². The number of likely N-dealkylation sites (tertiary alicyclic amines) is 1. The molecule has 1 unspecified atom stereocenters. The lowest BCUT2D eigenvalue weighted by atomic mass is 9.88. The summed E-state index contributed by atoms with van der Waals surface area (Å²) in [6.45, 7) is 5.14. The normalized spacial score (nSPS) is 19.3. The highest BCUT2D eigenvalue weighted by Gasteiger charge is 2.42. The van der Waals surface area contributed by atoms with Gasteiger partial charge in [0.15, 0.2) is 0 Å². The van der Waals surface area contributed by atoms with Gasteiger partial charge in [-0.05, 0) is 45.8 Å². The molecule has 1 aliphatic heterocycles. The fourth-order valence-corrected chi connectivity index (χ4v) is 2.73. The van der Waals surface area contributed by atoms with Gasteiger partial charge in [0.2, 0.25) is 0 Å². The van der Waals surface area contributed by atoms with Gasteiger partial charge >= 0.3 is 6.18 Å². The van der Waals surface area contributed by atoms with E-state index in [9.17, 15) is 18.3 Å².